The summed E-state index contributed by atoms with van der Waals surface area (Å²) in [6.45, 7) is -7.36. The summed E-state index contributed by atoms with van der Waals surface area (Å²) in [5, 5.41) is 49.7. The summed E-state index contributed by atoms with van der Waals surface area (Å²) >= 11 is 0. The number of carbonyl (C=O) groups is 12. The number of aliphatic hydroxyl groups is 2. The average Bonchev–Trinajstić information content (AvgIpc) is 3.13. The number of aliphatic hydroxyl groups excluding tert-OH is 2. The maximum Gasteiger partial charge on any atom is 0.328 e. The average molecular weight is 763 g/mol. The lowest BCUT2D eigenvalue weighted by Gasteiger charge is -2.12. The maximum atomic E-state index is 11.9. The van der Waals surface area contributed by atoms with Crippen LogP contribution in [-0.2, 0) is 57.5 Å². The molecule has 0 saturated heterocycles. The van der Waals surface area contributed by atoms with E-state index in [1.807, 2.05) is 5.32 Å². The maximum absolute atomic E-state index is 11.9. The number of rotatable bonds is 25. The molecule has 0 unspecified atom stereocenters. The Morgan fingerprint density at radius 3 is 0.811 bits per heavy atom. The van der Waals surface area contributed by atoms with Gasteiger partial charge in [0.05, 0.1) is 78.7 Å². The molecule has 0 rings (SSSR count). The highest BCUT2D eigenvalue weighted by Crippen LogP contribution is 1.82. The first-order valence-electron chi connectivity index (χ1n) is 15.1. The van der Waals surface area contributed by atoms with E-state index in [1.165, 1.54) is 0 Å². The van der Waals surface area contributed by atoms with Crippen molar-refractivity contribution in [3.8, 4) is 0 Å². The molecule has 0 spiro atoms. The van der Waals surface area contributed by atoms with E-state index >= 15 is 0 Å². The normalized spacial score (nSPS) is 11.2. The number of hydrogen-bond donors (Lipinski definition) is 15. The SMILES string of the molecule is N[C@@H](CO)C(=O)NCC(=O)NCC(=O)NCC(=O)NCC(=O)NCC(=O)NCC(=O)NCC(=O)NCC(=O)NCC(=O)NCC(=O)N[C@@H](CO)C(=O)O. The topological polar surface area (TPSA) is 424 Å². The molecular weight excluding hydrogens is 720 g/mol. The van der Waals surface area contributed by atoms with Gasteiger partial charge < -0.3 is 79.5 Å². The second kappa shape index (κ2) is 26.3. The van der Waals surface area contributed by atoms with Crippen LogP contribution >= 0.6 is 0 Å². The van der Waals surface area contributed by atoms with Crippen LogP contribution in [0, 0.1) is 0 Å². The monoisotopic (exact) mass is 762 g/mol. The van der Waals surface area contributed by atoms with E-state index in [4.69, 9.17) is 21.1 Å². The summed E-state index contributed by atoms with van der Waals surface area (Å²) < 4.78 is 0. The van der Waals surface area contributed by atoms with Crippen LogP contribution in [0.5, 0.6) is 0 Å². The van der Waals surface area contributed by atoms with Gasteiger partial charge >= 0.3 is 5.97 Å². The second-order valence-electron chi connectivity index (χ2n) is 10.1. The third-order valence-electron chi connectivity index (χ3n) is 5.79. The molecule has 16 N–H and O–H groups in total. The van der Waals surface area contributed by atoms with Crippen LogP contribution in [0.25, 0.3) is 0 Å². The minimum Gasteiger partial charge on any atom is -0.480 e. The van der Waals surface area contributed by atoms with Gasteiger partial charge in [-0.15, -0.1) is 0 Å². The van der Waals surface area contributed by atoms with Crippen molar-refractivity contribution in [1.29, 1.82) is 0 Å². The molecule has 0 saturated carbocycles. The van der Waals surface area contributed by atoms with Crippen LogP contribution in [0.3, 0.4) is 0 Å². The zero-order valence-corrected chi connectivity index (χ0v) is 28.0. The molecule has 0 radical (unpaired) electrons. The first-order chi connectivity index (χ1) is 25.0. The summed E-state index contributed by atoms with van der Waals surface area (Å²) in [7, 11) is 0. The zero-order valence-electron chi connectivity index (χ0n) is 28.0. The van der Waals surface area contributed by atoms with Gasteiger partial charge in [0.1, 0.15) is 12.1 Å². The number of aliphatic carboxylic acids is 1. The third kappa shape index (κ3) is 24.3. The molecule has 27 nitrogen and oxygen atoms in total. The van der Waals surface area contributed by atoms with Crippen molar-refractivity contribution in [1.82, 2.24) is 58.5 Å². The third-order valence-corrected chi connectivity index (χ3v) is 5.79. The molecular formula is C26H42N12O15. The molecule has 11 amide bonds. The minimum absolute atomic E-state index is 0.514. The van der Waals surface area contributed by atoms with E-state index in [9.17, 15) is 57.5 Å². The van der Waals surface area contributed by atoms with Crippen molar-refractivity contribution < 1.29 is 72.9 Å². The summed E-state index contributed by atoms with van der Waals surface area (Å²) in [4.78, 5) is 140. The largest absolute Gasteiger partial charge is 0.480 e. The fourth-order valence-corrected chi connectivity index (χ4v) is 2.98. The number of carboxylic acid groups (broad SMARTS) is 1. The Balaban J connectivity index is 4.05. The van der Waals surface area contributed by atoms with E-state index < -0.39 is 162 Å². The van der Waals surface area contributed by atoms with Crippen LogP contribution in [0.2, 0.25) is 0 Å². The van der Waals surface area contributed by atoms with E-state index in [0.29, 0.717) is 0 Å². The molecule has 0 heterocycles. The number of amides is 11. The van der Waals surface area contributed by atoms with E-state index in [1.54, 1.807) is 0 Å². The standard InChI is InChI=1S/C26H42N12O15/c27-13(11-39)25(51)37-9-23(49)35-7-21(47)33-5-19(45)31-3-17(43)29-1-15(41)28-2-16(42)30-4-18(44)32-6-20(46)34-8-22(48)36-10-24(50)38-14(12-40)26(52)53/h13-14,39-40H,1-12,27H2,(H,28,41)(H,29,43)(H,30,42)(H,31,45)(H,32,44)(H,33,47)(H,34,46)(H,35,49)(H,36,48)(H,37,51)(H,38,50)(H,52,53)/t13-,14-/m0/s1. The molecule has 0 aliphatic carbocycles. The Bertz CT molecular complexity index is 1380. The van der Waals surface area contributed by atoms with Gasteiger partial charge in [-0.1, -0.05) is 0 Å². The molecule has 0 aromatic rings. The Morgan fingerprint density at radius 1 is 0.377 bits per heavy atom. The fourth-order valence-electron chi connectivity index (χ4n) is 2.98. The lowest BCUT2D eigenvalue weighted by atomic mass is 10.3. The molecule has 0 aromatic heterocycles. The van der Waals surface area contributed by atoms with E-state index in [-0.39, 0.29) is 0 Å². The molecule has 296 valence electrons. The molecule has 53 heavy (non-hydrogen) atoms. The zero-order chi connectivity index (χ0) is 40.3. The quantitative estimate of drug-likeness (QED) is 0.0410. The van der Waals surface area contributed by atoms with Gasteiger partial charge in [0.15, 0.2) is 0 Å². The second-order valence-corrected chi connectivity index (χ2v) is 10.1. The fraction of sp³-hybridized carbons (Fsp3) is 0.538. The number of hydrogen-bond acceptors (Lipinski definition) is 15. The van der Waals surface area contributed by atoms with Crippen molar-refractivity contribution in [2.75, 3.05) is 78.7 Å². The number of carboxylic acids is 1. The van der Waals surface area contributed by atoms with Gasteiger partial charge in [-0.05, 0) is 0 Å². The highest BCUT2D eigenvalue weighted by Gasteiger charge is 2.19. The predicted molar refractivity (Wildman–Crippen MR) is 172 cm³/mol. The van der Waals surface area contributed by atoms with Crippen LogP contribution in [0.4, 0.5) is 0 Å². The highest BCUT2D eigenvalue weighted by molar-refractivity contribution is 5.94. The molecule has 0 bridgehead atoms. The van der Waals surface area contributed by atoms with Gasteiger partial charge in [-0.25, -0.2) is 4.79 Å². The smallest absolute Gasteiger partial charge is 0.328 e. The molecule has 2 atom stereocenters. The Morgan fingerprint density at radius 2 is 0.604 bits per heavy atom. The van der Waals surface area contributed by atoms with E-state index in [0.717, 1.165) is 0 Å². The van der Waals surface area contributed by atoms with Gasteiger partial charge in [0.25, 0.3) is 0 Å². The van der Waals surface area contributed by atoms with Crippen LogP contribution < -0.4 is 64.2 Å². The number of carbonyl (C=O) groups excluding carboxylic acids is 11. The number of nitrogens with two attached hydrogens (primary N) is 1. The lowest BCUT2D eigenvalue weighted by molar-refractivity contribution is -0.142. The summed E-state index contributed by atoms with van der Waals surface area (Å²) in [6.07, 6.45) is 0. The van der Waals surface area contributed by atoms with Crippen molar-refractivity contribution in [3.05, 3.63) is 0 Å². The lowest BCUT2D eigenvalue weighted by Crippen LogP contribution is -2.49. The van der Waals surface area contributed by atoms with Crippen molar-refractivity contribution >= 4 is 70.9 Å². The summed E-state index contributed by atoms with van der Waals surface area (Å²) in [5.41, 5.74) is 5.26. The van der Waals surface area contributed by atoms with Crippen molar-refractivity contribution in [2.24, 2.45) is 5.73 Å². The molecule has 27 heteroatoms. The molecule has 0 aromatic carbocycles. The van der Waals surface area contributed by atoms with Crippen molar-refractivity contribution in [3.63, 3.8) is 0 Å². The summed E-state index contributed by atoms with van der Waals surface area (Å²) in [5.74, 6) is -10.4. The van der Waals surface area contributed by atoms with Crippen LogP contribution in [-0.4, -0.2) is 177 Å². The Hall–Kier alpha value is -6.48. The Kier molecular flexibility index (Phi) is 23.1. The van der Waals surface area contributed by atoms with Crippen LogP contribution in [0.15, 0.2) is 0 Å². The van der Waals surface area contributed by atoms with Gasteiger partial charge in [0, 0.05) is 0 Å². The van der Waals surface area contributed by atoms with Crippen LogP contribution in [0.1, 0.15) is 0 Å². The number of nitrogens with one attached hydrogen (secondary N) is 11. The minimum atomic E-state index is -1.56. The van der Waals surface area contributed by atoms with Gasteiger partial charge in [-0.3, -0.25) is 52.7 Å². The van der Waals surface area contributed by atoms with Crippen molar-refractivity contribution in [2.45, 2.75) is 12.1 Å². The molecule has 0 fully saturated rings. The summed E-state index contributed by atoms with van der Waals surface area (Å²) in [6, 6.07) is -2.78. The molecule has 0 aliphatic heterocycles. The predicted octanol–water partition coefficient (Wildman–Crippen LogP) is -12.0. The van der Waals surface area contributed by atoms with Gasteiger partial charge in [0.2, 0.25) is 65.0 Å². The van der Waals surface area contributed by atoms with E-state index in [2.05, 4.69) is 53.2 Å². The first kappa shape index (κ1) is 46.5. The highest BCUT2D eigenvalue weighted by atomic mass is 16.4. The first-order valence-corrected chi connectivity index (χ1v) is 15.1. The Labute approximate surface area is 299 Å². The molecule has 0 aliphatic rings. The van der Waals surface area contributed by atoms with Gasteiger partial charge in [-0.2, -0.15) is 0 Å².